The van der Waals surface area contributed by atoms with Crippen molar-refractivity contribution in [3.63, 3.8) is 0 Å². The molecule has 0 aliphatic rings. The lowest BCUT2D eigenvalue weighted by Crippen LogP contribution is -2.22. The molecule has 1 aromatic heterocycles. The van der Waals surface area contributed by atoms with Gasteiger partial charge in [0.15, 0.2) is 0 Å². The van der Waals surface area contributed by atoms with Crippen molar-refractivity contribution in [3.8, 4) is 0 Å². The number of carbonyl (C=O) groups excluding carboxylic acids is 1. The first-order valence-electron chi connectivity index (χ1n) is 8.70. The number of para-hydroxylation sites is 2. The summed E-state index contributed by atoms with van der Waals surface area (Å²) >= 11 is 0. The van der Waals surface area contributed by atoms with Gasteiger partial charge in [0, 0.05) is 18.7 Å². The molecule has 0 saturated carbocycles. The summed E-state index contributed by atoms with van der Waals surface area (Å²) in [6, 6.07) is 21.6. The number of carbonyl (C=O) groups is 1. The largest absolute Gasteiger partial charge is 0.348 e. The molecule has 1 amide bonds. The highest BCUT2D eigenvalue weighted by molar-refractivity contribution is 5.94. The first kappa shape index (κ1) is 17.0. The Balaban J connectivity index is 1.44. The highest BCUT2D eigenvalue weighted by atomic mass is 19.1. The van der Waals surface area contributed by atoms with Gasteiger partial charge in [0.2, 0.25) is 0 Å². The fourth-order valence-corrected chi connectivity index (χ4v) is 3.06. The summed E-state index contributed by atoms with van der Waals surface area (Å²) in [5.74, 6) is -0.577. The van der Waals surface area contributed by atoms with Gasteiger partial charge in [-0.3, -0.25) is 4.79 Å². The van der Waals surface area contributed by atoms with E-state index >= 15 is 0 Å². The molecule has 0 spiro atoms. The molecule has 0 fully saturated rings. The zero-order valence-corrected chi connectivity index (χ0v) is 14.6. The van der Waals surface area contributed by atoms with Crippen molar-refractivity contribution < 1.29 is 9.18 Å². The second kappa shape index (κ2) is 7.41. The van der Waals surface area contributed by atoms with Crippen LogP contribution in [0.5, 0.6) is 0 Å². The van der Waals surface area contributed by atoms with Gasteiger partial charge in [0.1, 0.15) is 5.82 Å². The standard InChI is InChI=1S/C22H18FN3O/c23-19-10-8-18(9-11-19)22(27)24-13-16-4-3-5-17(12-16)14-26-15-25-20-6-1-2-7-21(20)26/h1-12,15H,13-14H2,(H,24,27). The zero-order valence-electron chi connectivity index (χ0n) is 14.6. The monoisotopic (exact) mass is 359 g/mol. The van der Waals surface area contributed by atoms with Gasteiger partial charge in [-0.15, -0.1) is 0 Å². The van der Waals surface area contributed by atoms with Crippen molar-refractivity contribution in [2.45, 2.75) is 13.1 Å². The predicted octanol–water partition coefficient (Wildman–Crippen LogP) is 4.15. The van der Waals surface area contributed by atoms with Crippen LogP contribution >= 0.6 is 0 Å². The third-order valence-electron chi connectivity index (χ3n) is 4.43. The predicted molar refractivity (Wildman–Crippen MR) is 103 cm³/mol. The van der Waals surface area contributed by atoms with Crippen molar-refractivity contribution >= 4 is 16.9 Å². The van der Waals surface area contributed by atoms with Crippen LogP contribution in [0.25, 0.3) is 11.0 Å². The minimum absolute atomic E-state index is 0.221. The smallest absolute Gasteiger partial charge is 0.251 e. The molecule has 0 aliphatic carbocycles. The van der Waals surface area contributed by atoms with Crippen molar-refractivity contribution in [3.05, 3.63) is 102 Å². The van der Waals surface area contributed by atoms with Crippen LogP contribution in [0.4, 0.5) is 4.39 Å². The zero-order chi connectivity index (χ0) is 18.6. The van der Waals surface area contributed by atoms with Gasteiger partial charge in [-0.05, 0) is 47.5 Å². The van der Waals surface area contributed by atoms with E-state index in [-0.39, 0.29) is 11.7 Å². The van der Waals surface area contributed by atoms with E-state index in [1.54, 1.807) is 0 Å². The maximum absolute atomic E-state index is 13.0. The Morgan fingerprint density at radius 3 is 2.59 bits per heavy atom. The van der Waals surface area contributed by atoms with Crippen molar-refractivity contribution in [1.82, 2.24) is 14.9 Å². The molecule has 5 heteroatoms. The summed E-state index contributed by atoms with van der Waals surface area (Å²) in [5.41, 5.74) is 4.64. The van der Waals surface area contributed by atoms with E-state index in [1.807, 2.05) is 36.7 Å². The van der Waals surface area contributed by atoms with Crippen molar-refractivity contribution in [1.29, 1.82) is 0 Å². The molecule has 134 valence electrons. The summed E-state index contributed by atoms with van der Waals surface area (Å²) in [6.07, 6.45) is 1.84. The Morgan fingerprint density at radius 1 is 0.963 bits per heavy atom. The average Bonchev–Trinajstić information content (AvgIpc) is 3.10. The molecule has 1 heterocycles. The molecular weight excluding hydrogens is 341 g/mol. The molecule has 4 aromatic rings. The maximum atomic E-state index is 13.0. The second-order valence-electron chi connectivity index (χ2n) is 6.37. The SMILES string of the molecule is O=C(NCc1cccc(Cn2cnc3ccccc32)c1)c1ccc(F)cc1. The third kappa shape index (κ3) is 3.87. The van der Waals surface area contributed by atoms with Crippen LogP contribution in [0.15, 0.2) is 79.1 Å². The summed E-state index contributed by atoms with van der Waals surface area (Å²) in [4.78, 5) is 16.6. The summed E-state index contributed by atoms with van der Waals surface area (Å²) in [5, 5.41) is 2.87. The molecule has 27 heavy (non-hydrogen) atoms. The van der Waals surface area contributed by atoms with Crippen LogP contribution in [0.2, 0.25) is 0 Å². The number of aromatic nitrogens is 2. The first-order chi connectivity index (χ1) is 13.2. The molecule has 0 unspecified atom stereocenters. The van der Waals surface area contributed by atoms with Crippen molar-refractivity contribution in [2.75, 3.05) is 0 Å². The number of nitrogens with one attached hydrogen (secondary N) is 1. The van der Waals surface area contributed by atoms with Crippen LogP contribution < -0.4 is 5.32 Å². The lowest BCUT2D eigenvalue weighted by Gasteiger charge is -2.09. The molecule has 0 aliphatic heterocycles. The molecule has 0 saturated heterocycles. The molecule has 4 rings (SSSR count). The maximum Gasteiger partial charge on any atom is 0.251 e. The van der Waals surface area contributed by atoms with E-state index in [4.69, 9.17) is 0 Å². The average molecular weight is 359 g/mol. The van der Waals surface area contributed by atoms with Gasteiger partial charge >= 0.3 is 0 Å². The van der Waals surface area contributed by atoms with Gasteiger partial charge in [0.25, 0.3) is 5.91 Å². The number of fused-ring (bicyclic) bond motifs is 1. The number of nitrogens with zero attached hydrogens (tertiary/aromatic N) is 2. The number of hydrogen-bond donors (Lipinski definition) is 1. The Hall–Kier alpha value is -3.47. The Bertz CT molecular complexity index is 1090. The van der Waals surface area contributed by atoms with Gasteiger partial charge in [-0.1, -0.05) is 36.4 Å². The number of imidazole rings is 1. The Kier molecular flexibility index (Phi) is 4.66. The number of benzene rings is 3. The van der Waals surface area contributed by atoms with Crippen LogP contribution in [-0.4, -0.2) is 15.5 Å². The Morgan fingerprint density at radius 2 is 1.74 bits per heavy atom. The second-order valence-corrected chi connectivity index (χ2v) is 6.37. The van der Waals surface area contributed by atoms with Crippen LogP contribution in [0, 0.1) is 5.82 Å². The fraction of sp³-hybridized carbons (Fsp3) is 0.0909. The van der Waals surface area contributed by atoms with E-state index in [0.717, 1.165) is 22.2 Å². The summed E-state index contributed by atoms with van der Waals surface area (Å²) < 4.78 is 15.1. The highest BCUT2D eigenvalue weighted by Gasteiger charge is 2.06. The molecular formula is C22H18FN3O. The molecule has 3 aromatic carbocycles. The highest BCUT2D eigenvalue weighted by Crippen LogP contribution is 2.15. The minimum Gasteiger partial charge on any atom is -0.348 e. The summed E-state index contributed by atoms with van der Waals surface area (Å²) in [6.45, 7) is 1.12. The van der Waals surface area contributed by atoms with E-state index in [0.29, 0.717) is 18.7 Å². The first-order valence-corrected chi connectivity index (χ1v) is 8.70. The normalized spacial score (nSPS) is 10.9. The topological polar surface area (TPSA) is 46.9 Å². The van der Waals surface area contributed by atoms with Gasteiger partial charge in [-0.25, -0.2) is 9.37 Å². The number of amides is 1. The minimum atomic E-state index is -0.355. The lowest BCUT2D eigenvalue weighted by atomic mass is 10.1. The number of rotatable bonds is 5. The van der Waals surface area contributed by atoms with Crippen LogP contribution in [0.3, 0.4) is 0 Å². The third-order valence-corrected chi connectivity index (χ3v) is 4.43. The number of halogens is 1. The quantitative estimate of drug-likeness (QED) is 0.582. The molecule has 0 atom stereocenters. The molecule has 0 radical (unpaired) electrons. The van der Waals surface area contributed by atoms with Gasteiger partial charge < -0.3 is 9.88 Å². The van der Waals surface area contributed by atoms with Crippen LogP contribution in [-0.2, 0) is 13.1 Å². The lowest BCUT2D eigenvalue weighted by molar-refractivity contribution is 0.0951. The van der Waals surface area contributed by atoms with Crippen LogP contribution in [0.1, 0.15) is 21.5 Å². The van der Waals surface area contributed by atoms with Gasteiger partial charge in [-0.2, -0.15) is 0 Å². The van der Waals surface area contributed by atoms with Crippen molar-refractivity contribution in [2.24, 2.45) is 0 Å². The van der Waals surface area contributed by atoms with E-state index in [9.17, 15) is 9.18 Å². The molecule has 4 nitrogen and oxygen atoms in total. The fourth-order valence-electron chi connectivity index (χ4n) is 3.06. The van der Waals surface area contributed by atoms with Gasteiger partial charge in [0.05, 0.1) is 17.4 Å². The number of hydrogen-bond acceptors (Lipinski definition) is 2. The molecule has 0 bridgehead atoms. The summed E-state index contributed by atoms with van der Waals surface area (Å²) in [7, 11) is 0. The van der Waals surface area contributed by atoms with E-state index in [2.05, 4.69) is 33.1 Å². The van der Waals surface area contributed by atoms with E-state index in [1.165, 1.54) is 24.3 Å². The Labute approximate surface area is 156 Å². The van der Waals surface area contributed by atoms with E-state index < -0.39 is 0 Å². The molecule has 1 N–H and O–H groups in total.